The lowest BCUT2D eigenvalue weighted by atomic mass is 10.1. The standard InChI is InChI=1S/C18H34O2/c1-4-6-7-8-9-10-11-12-13-14-16-20-18(3)17-19-15-5-2/h5H,2-4,6-17H2,1H3. The van der Waals surface area contributed by atoms with E-state index in [1.54, 1.807) is 6.08 Å². The summed E-state index contributed by atoms with van der Waals surface area (Å²) in [6, 6.07) is 0. The van der Waals surface area contributed by atoms with Gasteiger partial charge >= 0.3 is 0 Å². The minimum absolute atomic E-state index is 0.476. The largest absolute Gasteiger partial charge is 0.496 e. The Morgan fingerprint density at radius 2 is 1.45 bits per heavy atom. The van der Waals surface area contributed by atoms with E-state index >= 15 is 0 Å². The van der Waals surface area contributed by atoms with Gasteiger partial charge in [0.15, 0.2) is 0 Å². The summed E-state index contributed by atoms with van der Waals surface area (Å²) in [4.78, 5) is 0. The summed E-state index contributed by atoms with van der Waals surface area (Å²) in [6.07, 6.45) is 15.2. The van der Waals surface area contributed by atoms with Crippen molar-refractivity contribution in [3.63, 3.8) is 0 Å². The molecule has 0 aromatic rings. The van der Waals surface area contributed by atoms with Crippen molar-refractivity contribution in [1.82, 2.24) is 0 Å². The number of hydrogen-bond acceptors (Lipinski definition) is 2. The molecule has 0 amide bonds. The fourth-order valence-corrected chi connectivity index (χ4v) is 2.10. The fourth-order valence-electron chi connectivity index (χ4n) is 2.10. The van der Waals surface area contributed by atoms with E-state index in [1.807, 2.05) is 0 Å². The topological polar surface area (TPSA) is 18.5 Å². The monoisotopic (exact) mass is 282 g/mol. The van der Waals surface area contributed by atoms with Crippen LogP contribution < -0.4 is 0 Å². The van der Waals surface area contributed by atoms with Crippen molar-refractivity contribution in [1.29, 1.82) is 0 Å². The van der Waals surface area contributed by atoms with E-state index in [9.17, 15) is 0 Å². The lowest BCUT2D eigenvalue weighted by Gasteiger charge is -2.08. The van der Waals surface area contributed by atoms with Crippen molar-refractivity contribution in [3.8, 4) is 0 Å². The Balaban J connectivity index is 3.08. The van der Waals surface area contributed by atoms with Crippen LogP contribution >= 0.6 is 0 Å². The highest BCUT2D eigenvalue weighted by molar-refractivity contribution is 4.82. The summed E-state index contributed by atoms with van der Waals surface area (Å²) in [5.74, 6) is 0.725. The molecular formula is C18H34O2. The first kappa shape index (κ1) is 19.2. The van der Waals surface area contributed by atoms with Crippen LogP contribution in [-0.4, -0.2) is 19.8 Å². The molecule has 2 heteroatoms. The molecule has 0 rings (SSSR count). The predicted molar refractivity (Wildman–Crippen MR) is 88.0 cm³/mol. The zero-order valence-electron chi connectivity index (χ0n) is 13.5. The van der Waals surface area contributed by atoms with Gasteiger partial charge in [0.1, 0.15) is 12.4 Å². The molecule has 0 unspecified atom stereocenters. The molecule has 0 bridgehead atoms. The van der Waals surface area contributed by atoms with Crippen molar-refractivity contribution >= 4 is 0 Å². The van der Waals surface area contributed by atoms with Crippen LogP contribution in [0.15, 0.2) is 25.0 Å². The smallest absolute Gasteiger partial charge is 0.114 e. The van der Waals surface area contributed by atoms with E-state index in [-0.39, 0.29) is 0 Å². The van der Waals surface area contributed by atoms with Gasteiger partial charge in [-0.25, -0.2) is 0 Å². The molecule has 2 nitrogen and oxygen atoms in total. The second kappa shape index (κ2) is 16.3. The summed E-state index contributed by atoms with van der Waals surface area (Å²) in [7, 11) is 0. The van der Waals surface area contributed by atoms with E-state index in [1.165, 1.54) is 57.8 Å². The van der Waals surface area contributed by atoms with E-state index in [4.69, 9.17) is 9.47 Å². The third-order valence-corrected chi connectivity index (χ3v) is 3.30. The molecule has 0 atom stereocenters. The molecule has 0 radical (unpaired) electrons. The Kier molecular flexibility index (Phi) is 15.7. The maximum absolute atomic E-state index is 5.51. The Hall–Kier alpha value is -0.760. The quantitative estimate of drug-likeness (QED) is 0.207. The molecule has 0 heterocycles. The molecule has 0 saturated heterocycles. The number of ether oxygens (including phenoxy) is 2. The molecule has 0 aliphatic carbocycles. The fraction of sp³-hybridized carbons (Fsp3) is 0.778. The minimum atomic E-state index is 0.476. The molecule has 0 aromatic carbocycles. The highest BCUT2D eigenvalue weighted by Gasteiger charge is 1.96. The van der Waals surface area contributed by atoms with Crippen molar-refractivity contribution in [2.45, 2.75) is 71.1 Å². The molecular weight excluding hydrogens is 248 g/mol. The molecule has 0 fully saturated rings. The second-order valence-electron chi connectivity index (χ2n) is 5.37. The van der Waals surface area contributed by atoms with Crippen molar-refractivity contribution in [3.05, 3.63) is 25.0 Å². The summed E-state index contributed by atoms with van der Waals surface area (Å²) in [5.41, 5.74) is 0. The molecule has 0 N–H and O–H groups in total. The molecule has 0 saturated carbocycles. The van der Waals surface area contributed by atoms with Gasteiger partial charge in [-0.1, -0.05) is 77.4 Å². The zero-order valence-corrected chi connectivity index (χ0v) is 13.5. The van der Waals surface area contributed by atoms with Gasteiger partial charge in [-0.3, -0.25) is 0 Å². The van der Waals surface area contributed by atoms with Gasteiger partial charge in [0.05, 0.1) is 13.2 Å². The lowest BCUT2D eigenvalue weighted by Crippen LogP contribution is -2.02. The normalized spacial score (nSPS) is 10.4. The van der Waals surface area contributed by atoms with Gasteiger partial charge in [-0.05, 0) is 6.42 Å². The van der Waals surface area contributed by atoms with Gasteiger partial charge in [0.25, 0.3) is 0 Å². The highest BCUT2D eigenvalue weighted by Crippen LogP contribution is 2.10. The van der Waals surface area contributed by atoms with E-state index in [2.05, 4.69) is 20.1 Å². The Morgan fingerprint density at radius 1 is 0.900 bits per heavy atom. The first-order valence-corrected chi connectivity index (χ1v) is 8.30. The molecule has 0 aliphatic heterocycles. The SMILES string of the molecule is C=CCOCC(=C)OCCCCCCCCCCCC. The lowest BCUT2D eigenvalue weighted by molar-refractivity contribution is 0.113. The average molecular weight is 282 g/mol. The number of unbranched alkanes of at least 4 members (excludes halogenated alkanes) is 9. The van der Waals surface area contributed by atoms with Gasteiger partial charge in [-0.2, -0.15) is 0 Å². The first-order chi connectivity index (χ1) is 9.81. The maximum Gasteiger partial charge on any atom is 0.114 e. The van der Waals surface area contributed by atoms with E-state index in [0.29, 0.717) is 13.2 Å². The second-order valence-corrected chi connectivity index (χ2v) is 5.37. The van der Waals surface area contributed by atoms with Crippen LogP contribution in [0.5, 0.6) is 0 Å². The Bertz CT molecular complexity index is 223. The maximum atomic E-state index is 5.51. The zero-order chi connectivity index (χ0) is 14.9. The molecule has 0 spiro atoms. The minimum Gasteiger partial charge on any atom is -0.496 e. The van der Waals surface area contributed by atoms with Crippen LogP contribution in [0.25, 0.3) is 0 Å². The summed E-state index contributed by atoms with van der Waals surface area (Å²) in [5, 5.41) is 0. The third kappa shape index (κ3) is 15.3. The first-order valence-electron chi connectivity index (χ1n) is 8.30. The number of rotatable bonds is 16. The highest BCUT2D eigenvalue weighted by atomic mass is 16.5. The Labute approximate surface area is 126 Å². The van der Waals surface area contributed by atoms with Gasteiger partial charge in [0, 0.05) is 0 Å². The van der Waals surface area contributed by atoms with Crippen LogP contribution in [0.3, 0.4) is 0 Å². The third-order valence-electron chi connectivity index (χ3n) is 3.30. The van der Waals surface area contributed by atoms with Crippen LogP contribution in [0.4, 0.5) is 0 Å². The van der Waals surface area contributed by atoms with Crippen molar-refractivity contribution in [2.75, 3.05) is 19.8 Å². The molecule has 20 heavy (non-hydrogen) atoms. The average Bonchev–Trinajstić information content (AvgIpc) is 2.45. The van der Waals surface area contributed by atoms with Gasteiger partial charge < -0.3 is 9.47 Å². The summed E-state index contributed by atoms with van der Waals surface area (Å²) in [6.45, 7) is 11.5. The Morgan fingerprint density at radius 3 is 2.00 bits per heavy atom. The summed E-state index contributed by atoms with van der Waals surface area (Å²) >= 11 is 0. The van der Waals surface area contributed by atoms with Gasteiger partial charge in [-0.15, -0.1) is 6.58 Å². The van der Waals surface area contributed by atoms with Gasteiger partial charge in [0.2, 0.25) is 0 Å². The van der Waals surface area contributed by atoms with Crippen LogP contribution in [-0.2, 0) is 9.47 Å². The predicted octanol–water partition coefficient (Wildman–Crippen LogP) is 5.64. The molecule has 0 aromatic heterocycles. The molecule has 0 aliphatic rings. The van der Waals surface area contributed by atoms with Crippen LogP contribution in [0.1, 0.15) is 71.1 Å². The van der Waals surface area contributed by atoms with E-state index < -0.39 is 0 Å². The summed E-state index contributed by atoms with van der Waals surface area (Å²) < 4.78 is 10.8. The number of hydrogen-bond donors (Lipinski definition) is 0. The van der Waals surface area contributed by atoms with Crippen LogP contribution in [0.2, 0.25) is 0 Å². The van der Waals surface area contributed by atoms with Crippen LogP contribution in [0, 0.1) is 0 Å². The van der Waals surface area contributed by atoms with Crippen molar-refractivity contribution in [2.24, 2.45) is 0 Å². The van der Waals surface area contributed by atoms with Crippen molar-refractivity contribution < 1.29 is 9.47 Å². The van der Waals surface area contributed by atoms with E-state index in [0.717, 1.165) is 18.8 Å². The molecule has 118 valence electrons.